The first-order chi connectivity index (χ1) is 8.29. The number of ether oxygens (including phenoxy) is 1. The van der Waals surface area contributed by atoms with Gasteiger partial charge in [0, 0.05) is 17.8 Å². The monoisotopic (exact) mass is 229 g/mol. The van der Waals surface area contributed by atoms with Gasteiger partial charge in [-0.2, -0.15) is 0 Å². The van der Waals surface area contributed by atoms with Crippen LogP contribution in [-0.2, 0) is 0 Å². The first-order valence-corrected chi connectivity index (χ1v) is 4.96. The Hall–Kier alpha value is -2.56. The van der Waals surface area contributed by atoms with E-state index in [0.29, 0.717) is 17.2 Å². The average Bonchev–Trinajstić information content (AvgIpc) is 2.40. The van der Waals surface area contributed by atoms with Crippen LogP contribution in [0.15, 0.2) is 53.8 Å². The van der Waals surface area contributed by atoms with E-state index in [1.807, 2.05) is 30.3 Å². The van der Waals surface area contributed by atoms with Crippen LogP contribution in [0.1, 0.15) is 5.56 Å². The van der Waals surface area contributed by atoms with Gasteiger partial charge in [0.2, 0.25) is 5.88 Å². The van der Waals surface area contributed by atoms with Crippen molar-refractivity contribution in [2.75, 3.05) is 0 Å². The zero-order chi connectivity index (χ0) is 12.1. The molecule has 0 radical (unpaired) electrons. The van der Waals surface area contributed by atoms with Crippen molar-refractivity contribution in [1.82, 2.24) is 4.98 Å². The molecule has 0 amide bonds. The van der Waals surface area contributed by atoms with Gasteiger partial charge >= 0.3 is 0 Å². The molecule has 0 fully saturated rings. The minimum Gasteiger partial charge on any atom is -0.439 e. The van der Waals surface area contributed by atoms with Crippen molar-refractivity contribution < 1.29 is 9.94 Å². The predicted octanol–water partition coefficient (Wildman–Crippen LogP) is 1.97. The maximum Gasteiger partial charge on any atom is 0.219 e. The Morgan fingerprint density at radius 1 is 1.18 bits per heavy atom. The van der Waals surface area contributed by atoms with E-state index in [0.717, 1.165) is 0 Å². The zero-order valence-corrected chi connectivity index (χ0v) is 8.95. The van der Waals surface area contributed by atoms with Gasteiger partial charge in [-0.15, -0.1) is 0 Å². The first-order valence-electron chi connectivity index (χ1n) is 4.96. The van der Waals surface area contributed by atoms with Gasteiger partial charge < -0.3 is 15.7 Å². The van der Waals surface area contributed by atoms with E-state index in [-0.39, 0.29) is 5.84 Å². The molecule has 0 aliphatic heterocycles. The Morgan fingerprint density at radius 2 is 1.94 bits per heavy atom. The number of pyridine rings is 1. The predicted molar refractivity (Wildman–Crippen MR) is 63.3 cm³/mol. The normalized spacial score (nSPS) is 11.2. The largest absolute Gasteiger partial charge is 0.439 e. The zero-order valence-electron chi connectivity index (χ0n) is 8.95. The van der Waals surface area contributed by atoms with Crippen molar-refractivity contribution in [2.45, 2.75) is 0 Å². The van der Waals surface area contributed by atoms with E-state index in [2.05, 4.69) is 10.1 Å². The third-order valence-electron chi connectivity index (χ3n) is 2.11. The van der Waals surface area contributed by atoms with Gasteiger partial charge in [0.05, 0.1) is 0 Å². The molecule has 0 atom stereocenters. The fourth-order valence-electron chi connectivity index (χ4n) is 1.26. The second kappa shape index (κ2) is 4.98. The van der Waals surface area contributed by atoms with E-state index in [9.17, 15) is 0 Å². The van der Waals surface area contributed by atoms with Gasteiger partial charge in [-0.05, 0) is 18.2 Å². The van der Waals surface area contributed by atoms with Gasteiger partial charge in [0.15, 0.2) is 5.84 Å². The number of nitrogens with two attached hydrogens (primary N) is 1. The molecular weight excluding hydrogens is 218 g/mol. The van der Waals surface area contributed by atoms with Crippen LogP contribution in [0.5, 0.6) is 11.6 Å². The lowest BCUT2D eigenvalue weighted by molar-refractivity contribution is 0.318. The van der Waals surface area contributed by atoms with Crippen LogP contribution in [0, 0.1) is 0 Å². The second-order valence-corrected chi connectivity index (χ2v) is 3.29. The van der Waals surface area contributed by atoms with Crippen LogP contribution in [0.2, 0.25) is 0 Å². The number of para-hydroxylation sites is 1. The van der Waals surface area contributed by atoms with Gasteiger partial charge in [-0.1, -0.05) is 23.4 Å². The molecule has 5 heteroatoms. The molecule has 2 aromatic rings. The Bertz CT molecular complexity index is 509. The molecule has 0 saturated carbocycles. The SMILES string of the molecule is NC(=NO)c1ccc(Oc2ccccc2)nc1. The second-order valence-electron chi connectivity index (χ2n) is 3.29. The molecule has 0 saturated heterocycles. The Kier molecular flexibility index (Phi) is 3.20. The summed E-state index contributed by atoms with van der Waals surface area (Å²) in [4.78, 5) is 4.05. The molecule has 5 nitrogen and oxygen atoms in total. The topological polar surface area (TPSA) is 80.7 Å². The molecule has 0 unspecified atom stereocenters. The number of hydrogen-bond donors (Lipinski definition) is 2. The van der Waals surface area contributed by atoms with Gasteiger partial charge in [-0.25, -0.2) is 4.98 Å². The molecule has 0 aliphatic carbocycles. The van der Waals surface area contributed by atoms with E-state index in [1.54, 1.807) is 12.1 Å². The number of hydrogen-bond acceptors (Lipinski definition) is 4. The molecule has 2 rings (SSSR count). The quantitative estimate of drug-likeness (QED) is 0.365. The average molecular weight is 229 g/mol. The summed E-state index contributed by atoms with van der Waals surface area (Å²) in [5, 5.41) is 11.4. The van der Waals surface area contributed by atoms with Crippen LogP contribution < -0.4 is 10.5 Å². The van der Waals surface area contributed by atoms with Crippen molar-refractivity contribution in [3.8, 4) is 11.6 Å². The first kappa shape index (κ1) is 10.9. The van der Waals surface area contributed by atoms with E-state index >= 15 is 0 Å². The summed E-state index contributed by atoms with van der Waals surface area (Å²) in [6.07, 6.45) is 1.48. The van der Waals surface area contributed by atoms with Crippen molar-refractivity contribution in [3.63, 3.8) is 0 Å². The third-order valence-corrected chi connectivity index (χ3v) is 2.11. The number of amidine groups is 1. The van der Waals surface area contributed by atoms with Gasteiger partial charge in [-0.3, -0.25) is 0 Å². The van der Waals surface area contributed by atoms with Crippen LogP contribution in [0.25, 0.3) is 0 Å². The Labute approximate surface area is 98.2 Å². The van der Waals surface area contributed by atoms with Crippen LogP contribution in [0.4, 0.5) is 0 Å². The standard InChI is InChI=1S/C12H11N3O2/c13-12(15-16)9-6-7-11(14-8-9)17-10-4-2-1-3-5-10/h1-8,16H,(H2,13,15). The maximum atomic E-state index is 8.50. The number of nitrogens with zero attached hydrogens (tertiary/aromatic N) is 2. The van der Waals surface area contributed by atoms with E-state index in [4.69, 9.17) is 15.7 Å². The summed E-state index contributed by atoms with van der Waals surface area (Å²) >= 11 is 0. The fraction of sp³-hybridized carbons (Fsp3) is 0. The Morgan fingerprint density at radius 3 is 2.53 bits per heavy atom. The molecule has 1 aromatic heterocycles. The summed E-state index contributed by atoms with van der Waals surface area (Å²) in [5.74, 6) is 1.17. The highest BCUT2D eigenvalue weighted by Crippen LogP contribution is 2.18. The summed E-state index contributed by atoms with van der Waals surface area (Å²) in [6.45, 7) is 0. The molecule has 3 N–H and O–H groups in total. The lowest BCUT2D eigenvalue weighted by Gasteiger charge is -2.04. The van der Waals surface area contributed by atoms with Gasteiger partial charge in [0.25, 0.3) is 0 Å². The maximum absolute atomic E-state index is 8.50. The third kappa shape index (κ3) is 2.72. The van der Waals surface area contributed by atoms with Crippen LogP contribution in [-0.4, -0.2) is 16.0 Å². The molecule has 0 spiro atoms. The van der Waals surface area contributed by atoms with E-state index in [1.165, 1.54) is 6.20 Å². The van der Waals surface area contributed by atoms with E-state index < -0.39 is 0 Å². The van der Waals surface area contributed by atoms with Gasteiger partial charge in [0.1, 0.15) is 5.75 Å². The lowest BCUT2D eigenvalue weighted by atomic mass is 10.3. The minimum absolute atomic E-state index is 0.0174. The molecule has 86 valence electrons. The molecular formula is C12H11N3O2. The Balaban J connectivity index is 2.14. The summed E-state index contributed by atoms with van der Waals surface area (Å²) < 4.78 is 5.49. The number of rotatable bonds is 3. The van der Waals surface area contributed by atoms with Crippen LogP contribution >= 0.6 is 0 Å². The molecule has 0 bridgehead atoms. The fourth-order valence-corrected chi connectivity index (χ4v) is 1.26. The number of aromatic nitrogens is 1. The highest BCUT2D eigenvalue weighted by Gasteiger charge is 2.01. The number of benzene rings is 1. The lowest BCUT2D eigenvalue weighted by Crippen LogP contribution is -2.13. The van der Waals surface area contributed by atoms with Crippen LogP contribution in [0.3, 0.4) is 0 Å². The highest BCUT2D eigenvalue weighted by atomic mass is 16.5. The highest BCUT2D eigenvalue weighted by molar-refractivity contribution is 5.96. The van der Waals surface area contributed by atoms with Crippen molar-refractivity contribution in [1.29, 1.82) is 0 Å². The summed E-state index contributed by atoms with van der Waals surface area (Å²) in [7, 11) is 0. The van der Waals surface area contributed by atoms with Crippen molar-refractivity contribution in [3.05, 3.63) is 54.2 Å². The summed E-state index contributed by atoms with van der Waals surface area (Å²) in [5.41, 5.74) is 5.95. The number of oxime groups is 1. The van der Waals surface area contributed by atoms with Crippen molar-refractivity contribution in [2.24, 2.45) is 10.9 Å². The van der Waals surface area contributed by atoms with Crippen molar-refractivity contribution >= 4 is 5.84 Å². The summed E-state index contributed by atoms with van der Waals surface area (Å²) in [6, 6.07) is 12.6. The molecule has 17 heavy (non-hydrogen) atoms. The molecule has 0 aliphatic rings. The smallest absolute Gasteiger partial charge is 0.219 e. The minimum atomic E-state index is 0.0174. The molecule has 1 heterocycles. The molecule has 1 aromatic carbocycles.